The number of phosphoric acid groups is 2. The topological polar surface area (TPSA) is 361 Å². The second kappa shape index (κ2) is 39.4. The maximum Gasteiger partial charge on any atom is 0.265 e. The number of hydrogen-bond acceptors (Lipinski definition) is 18. The lowest BCUT2D eigenvalue weighted by Gasteiger charge is -2.30. The Morgan fingerprint density at radius 2 is 0.688 bits per heavy atom. The van der Waals surface area contributed by atoms with Crippen molar-refractivity contribution in [3.05, 3.63) is 0 Å². The first-order valence-corrected chi connectivity index (χ1v) is 18.3. The van der Waals surface area contributed by atoms with Crippen LogP contribution in [0.3, 0.4) is 0 Å². The summed E-state index contributed by atoms with van der Waals surface area (Å²) in [7, 11) is -9.86. The average molecular weight is 757 g/mol. The van der Waals surface area contributed by atoms with E-state index in [-0.39, 0.29) is 92.3 Å². The summed E-state index contributed by atoms with van der Waals surface area (Å²) in [5, 5.41) is 85.2. The van der Waals surface area contributed by atoms with Crippen LogP contribution in [0.1, 0.15) is 0 Å². The number of phosphoric ester groups is 2. The van der Waals surface area contributed by atoms with Crippen LogP contribution in [-0.4, -0.2) is 219 Å². The molecule has 0 saturated heterocycles. The predicted molar refractivity (Wildman–Crippen MR) is 163 cm³/mol. The van der Waals surface area contributed by atoms with Crippen molar-refractivity contribution < 1.29 is 104 Å². The Labute approximate surface area is 282 Å². The van der Waals surface area contributed by atoms with Gasteiger partial charge in [-0.15, -0.1) is 0 Å². The molecule has 0 bridgehead atoms. The zero-order chi connectivity index (χ0) is 37.7. The van der Waals surface area contributed by atoms with E-state index in [1.54, 1.807) is 0 Å². The van der Waals surface area contributed by atoms with Crippen LogP contribution in [0.5, 0.6) is 0 Å². The van der Waals surface area contributed by atoms with Crippen LogP contribution in [0, 0.1) is 0 Å². The summed E-state index contributed by atoms with van der Waals surface area (Å²) in [6.45, 7) is 5.37. The van der Waals surface area contributed by atoms with E-state index in [1.165, 1.54) is 4.90 Å². The number of hydrogen-bond donors (Lipinski definition) is 14. The molecular weight excluding hydrogens is 694 g/mol. The van der Waals surface area contributed by atoms with Crippen LogP contribution < -0.4 is 29.4 Å². The highest BCUT2D eigenvalue weighted by Gasteiger charge is 2.08. The highest BCUT2D eigenvalue weighted by Crippen LogP contribution is 2.29. The molecule has 0 spiro atoms. The highest BCUT2D eigenvalue weighted by atomic mass is 31.2. The highest BCUT2D eigenvalue weighted by molar-refractivity contribution is 7.44. The number of nitrogens with zero attached hydrogens (tertiary/aromatic N) is 1. The maximum absolute atomic E-state index is 10.3. The van der Waals surface area contributed by atoms with Gasteiger partial charge in [-0.3, -0.25) is 9.46 Å². The minimum absolute atomic E-state index is 0.00126. The second-order valence-corrected chi connectivity index (χ2v) is 12.0. The molecule has 0 fully saturated rings. The first kappa shape index (κ1) is 54.4. The summed E-state index contributed by atoms with van der Waals surface area (Å²) in [6.07, 6.45) is 0. The van der Waals surface area contributed by atoms with Crippen molar-refractivity contribution in [2.75, 3.05) is 158 Å². The quantitative estimate of drug-likeness (QED) is 0.0330. The number of rotatable bonds is 28. The number of nitrogens with one attached hydrogen (secondary N) is 3. The zero-order valence-corrected chi connectivity index (χ0v) is 29.4. The Hall–Kier alpha value is -0.340. The van der Waals surface area contributed by atoms with Gasteiger partial charge in [0.25, 0.3) is 7.82 Å². The largest absolute Gasteiger partial charge is 0.790 e. The molecule has 0 radical (unpaired) electrons. The van der Waals surface area contributed by atoms with E-state index < -0.39 is 22.3 Å². The Morgan fingerprint density at radius 3 is 0.875 bits per heavy atom. The van der Waals surface area contributed by atoms with Crippen molar-refractivity contribution in [1.29, 1.82) is 0 Å². The lowest BCUT2D eigenvalue weighted by atomic mass is 10.4. The number of aliphatic hydroxyl groups is 10. The molecular formula is C24H62N4O18P2. The zero-order valence-electron chi connectivity index (χ0n) is 27.6. The molecule has 24 heteroatoms. The van der Waals surface area contributed by atoms with Crippen LogP contribution in [0.4, 0.5) is 0 Å². The van der Waals surface area contributed by atoms with E-state index >= 15 is 0 Å². The molecule has 0 aliphatic heterocycles. The summed E-state index contributed by atoms with van der Waals surface area (Å²) >= 11 is 0. The summed E-state index contributed by atoms with van der Waals surface area (Å²) < 4.78 is 28.5. The van der Waals surface area contributed by atoms with E-state index in [4.69, 9.17) is 56.0 Å². The molecule has 0 aliphatic rings. The first-order chi connectivity index (χ1) is 22.7. The Bertz CT molecular complexity index is 615. The second-order valence-electron chi connectivity index (χ2n) is 9.66. The molecule has 22 nitrogen and oxygen atoms in total. The fraction of sp³-hybridized carbons (Fsp3) is 1.00. The molecule has 0 heterocycles. The molecule has 0 saturated carbocycles. The monoisotopic (exact) mass is 756 g/mol. The van der Waals surface area contributed by atoms with Crippen LogP contribution in [0.15, 0.2) is 0 Å². The van der Waals surface area contributed by atoms with Gasteiger partial charge in [-0.1, -0.05) is 0 Å². The Morgan fingerprint density at radius 1 is 0.438 bits per heavy atom. The maximum atomic E-state index is 10.3. The van der Waals surface area contributed by atoms with Gasteiger partial charge in [-0.05, 0) is 0 Å². The van der Waals surface area contributed by atoms with E-state index in [1.807, 2.05) is 0 Å². The molecule has 1 atom stereocenters. The van der Waals surface area contributed by atoms with E-state index in [9.17, 15) is 23.8 Å². The third kappa shape index (κ3) is 47.8. The number of quaternary nitrogens is 3. The van der Waals surface area contributed by atoms with Gasteiger partial charge in [0, 0.05) is 19.6 Å². The van der Waals surface area contributed by atoms with Gasteiger partial charge in [0.1, 0.15) is 58.9 Å². The van der Waals surface area contributed by atoms with Crippen LogP contribution in [-0.2, 0) is 18.2 Å². The SMILES string of the molecule is O=P([O-])([O-])OCCN(CCO)CCOP(=O)([O-])O.OCC[NH+](CCO)CCO.OCC[NH+](CCO)CCO.OCC[NH+](CCO)CCO. The molecule has 0 aliphatic carbocycles. The van der Waals surface area contributed by atoms with Crippen molar-refractivity contribution in [3.63, 3.8) is 0 Å². The molecule has 0 aromatic carbocycles. The molecule has 296 valence electrons. The fourth-order valence-electron chi connectivity index (χ4n) is 3.59. The molecule has 48 heavy (non-hydrogen) atoms. The summed E-state index contributed by atoms with van der Waals surface area (Å²) in [4.78, 5) is 43.4. The van der Waals surface area contributed by atoms with Crippen LogP contribution in [0.2, 0.25) is 0 Å². The molecule has 14 N–H and O–H groups in total. The van der Waals surface area contributed by atoms with Gasteiger partial charge < -0.3 is 99.0 Å². The minimum Gasteiger partial charge on any atom is -0.790 e. The molecule has 0 amide bonds. The Kier molecular flexibility index (Phi) is 44.7. The van der Waals surface area contributed by atoms with Crippen molar-refractivity contribution in [1.82, 2.24) is 4.90 Å². The van der Waals surface area contributed by atoms with E-state index in [0.717, 1.165) is 14.7 Å². The summed E-state index contributed by atoms with van der Waals surface area (Å²) in [5.74, 6) is 0. The van der Waals surface area contributed by atoms with Gasteiger partial charge in [-0.25, -0.2) is 0 Å². The Balaban J connectivity index is -0.000000281. The van der Waals surface area contributed by atoms with Gasteiger partial charge >= 0.3 is 0 Å². The third-order valence-electron chi connectivity index (χ3n) is 5.92. The molecule has 0 aromatic rings. The first-order valence-electron chi connectivity index (χ1n) is 15.3. The van der Waals surface area contributed by atoms with Crippen molar-refractivity contribution in [3.8, 4) is 0 Å². The normalized spacial score (nSPS) is 12.7. The van der Waals surface area contributed by atoms with Gasteiger partial charge in [0.15, 0.2) is 0 Å². The number of aliphatic hydroxyl groups excluding tert-OH is 10. The predicted octanol–water partition coefficient (Wildman–Crippen LogP) is -12.9. The van der Waals surface area contributed by atoms with Gasteiger partial charge in [0.2, 0.25) is 0 Å². The fourth-order valence-corrected chi connectivity index (χ4v) is 4.21. The molecule has 1 unspecified atom stereocenters. The smallest absolute Gasteiger partial charge is 0.265 e. The van der Waals surface area contributed by atoms with E-state index in [2.05, 4.69) is 9.05 Å². The average Bonchev–Trinajstić information content (AvgIpc) is 2.98. The van der Waals surface area contributed by atoms with Gasteiger partial charge in [0.05, 0.1) is 87.1 Å². The van der Waals surface area contributed by atoms with Crippen molar-refractivity contribution >= 4 is 15.6 Å². The third-order valence-corrected chi connectivity index (χ3v) is 6.93. The standard InChI is InChI=1S/C6H17NO9P2.3C6H15NO3/c8-4-1-7(2-5-15-17(9,10)11)3-6-16-18(12,13)14;3*8-4-1-7(2-5-9)3-6-10/h8H,1-6H2,(H2,9,10,11)(H2,12,13,14);3*8-10H,1-6H2. The van der Waals surface area contributed by atoms with Crippen LogP contribution in [0.25, 0.3) is 0 Å². The summed E-state index contributed by atoms with van der Waals surface area (Å²) in [6, 6.07) is 0. The van der Waals surface area contributed by atoms with Crippen molar-refractivity contribution in [2.45, 2.75) is 0 Å². The molecule has 0 rings (SSSR count). The molecule has 0 aromatic heterocycles. The lowest BCUT2D eigenvalue weighted by molar-refractivity contribution is -0.901. The lowest BCUT2D eigenvalue weighted by Crippen LogP contribution is -3.13. The van der Waals surface area contributed by atoms with E-state index in [0.29, 0.717) is 58.9 Å². The minimum atomic E-state index is -5.05. The van der Waals surface area contributed by atoms with Gasteiger partial charge in [-0.2, -0.15) is 0 Å². The van der Waals surface area contributed by atoms with Crippen LogP contribution >= 0.6 is 15.6 Å². The van der Waals surface area contributed by atoms with Crippen molar-refractivity contribution in [2.24, 2.45) is 0 Å². The summed E-state index contributed by atoms with van der Waals surface area (Å²) in [5.41, 5.74) is 0.